The maximum atomic E-state index is 13.8. The predicted molar refractivity (Wildman–Crippen MR) is 123 cm³/mol. The largest absolute Gasteiger partial charge is 0.477 e. The number of carbonyl (C=O) groups is 1. The van der Waals surface area contributed by atoms with Crippen LogP contribution in [-0.4, -0.2) is 41.5 Å². The van der Waals surface area contributed by atoms with Crippen molar-refractivity contribution in [3.63, 3.8) is 0 Å². The minimum atomic E-state index is -4.34. The maximum absolute atomic E-state index is 13.8. The van der Waals surface area contributed by atoms with Gasteiger partial charge in [-0.1, -0.05) is 48.0 Å². The Hall–Kier alpha value is -2.94. The SMILES string of the molecule is CC1(Cl)C=CC=C(Cl)C1N1C(C(=O)O)=C(c2ccc3c(c2)OCO3)c2ccccc2S1(=O)=O. The van der Waals surface area contributed by atoms with Gasteiger partial charge in [0, 0.05) is 16.2 Å². The average molecular weight is 506 g/mol. The lowest BCUT2D eigenvalue weighted by Crippen LogP contribution is -2.53. The number of halogens is 2. The molecule has 2 heterocycles. The number of hydrogen-bond donors (Lipinski definition) is 1. The number of allylic oxidation sites excluding steroid dienone is 2. The molecule has 0 bridgehead atoms. The number of benzene rings is 2. The van der Waals surface area contributed by atoms with Gasteiger partial charge in [-0.2, -0.15) is 0 Å². The molecule has 2 atom stereocenters. The molecule has 1 aliphatic carbocycles. The van der Waals surface area contributed by atoms with Crippen molar-refractivity contribution in [3.8, 4) is 11.5 Å². The fourth-order valence-corrected chi connectivity index (χ4v) is 7.08. The number of carboxylic acids is 1. The minimum absolute atomic E-state index is 0.0418. The zero-order chi connectivity index (χ0) is 23.5. The molecule has 0 saturated carbocycles. The number of ether oxygens (including phenoxy) is 2. The summed E-state index contributed by atoms with van der Waals surface area (Å²) in [6.07, 6.45) is 4.70. The topological polar surface area (TPSA) is 93.1 Å². The van der Waals surface area contributed by atoms with Gasteiger partial charge in [-0.25, -0.2) is 17.5 Å². The first-order chi connectivity index (χ1) is 15.6. The Kier molecular flexibility index (Phi) is 5.00. The van der Waals surface area contributed by atoms with E-state index in [-0.39, 0.29) is 27.9 Å². The van der Waals surface area contributed by atoms with Gasteiger partial charge in [0.2, 0.25) is 6.79 Å². The summed E-state index contributed by atoms with van der Waals surface area (Å²) >= 11 is 13.2. The van der Waals surface area contributed by atoms with Gasteiger partial charge in [0.1, 0.15) is 11.7 Å². The molecular weight excluding hydrogens is 489 g/mol. The zero-order valence-corrected chi connectivity index (χ0v) is 19.5. The number of rotatable bonds is 3. The number of carboxylic acid groups (broad SMARTS) is 1. The molecule has 5 rings (SSSR count). The fourth-order valence-electron chi connectivity index (χ4n) is 4.30. The third kappa shape index (κ3) is 3.32. The summed E-state index contributed by atoms with van der Waals surface area (Å²) in [5, 5.41) is 10.4. The van der Waals surface area contributed by atoms with Gasteiger partial charge in [-0.15, -0.1) is 11.6 Å². The van der Waals surface area contributed by atoms with Gasteiger partial charge in [-0.3, -0.25) is 0 Å². The van der Waals surface area contributed by atoms with Crippen LogP contribution in [0.2, 0.25) is 0 Å². The second-order valence-electron chi connectivity index (χ2n) is 7.86. The van der Waals surface area contributed by atoms with E-state index < -0.39 is 32.6 Å². The van der Waals surface area contributed by atoms with E-state index in [1.807, 2.05) is 0 Å². The number of alkyl halides is 1. The van der Waals surface area contributed by atoms with Crippen molar-refractivity contribution in [2.45, 2.75) is 22.7 Å². The summed E-state index contributed by atoms with van der Waals surface area (Å²) in [6.45, 7) is 1.63. The van der Waals surface area contributed by atoms with Crippen molar-refractivity contribution in [2.24, 2.45) is 0 Å². The maximum Gasteiger partial charge on any atom is 0.353 e. The molecule has 0 aromatic heterocycles. The molecule has 2 aromatic rings. The highest BCUT2D eigenvalue weighted by Gasteiger charge is 2.50. The molecule has 2 aliphatic heterocycles. The van der Waals surface area contributed by atoms with Gasteiger partial charge in [-0.05, 0) is 36.8 Å². The van der Waals surface area contributed by atoms with Crippen molar-refractivity contribution < 1.29 is 27.8 Å². The van der Waals surface area contributed by atoms with E-state index >= 15 is 0 Å². The van der Waals surface area contributed by atoms with Crippen LogP contribution in [0.1, 0.15) is 18.1 Å². The Bertz CT molecular complexity index is 1390. The predicted octanol–water partition coefficient (Wildman–Crippen LogP) is 4.32. The van der Waals surface area contributed by atoms with E-state index in [2.05, 4.69) is 0 Å². The van der Waals surface area contributed by atoms with Crippen molar-refractivity contribution in [2.75, 3.05) is 6.79 Å². The van der Waals surface area contributed by atoms with Crippen molar-refractivity contribution >= 4 is 44.8 Å². The lowest BCUT2D eigenvalue weighted by atomic mass is 9.92. The lowest BCUT2D eigenvalue weighted by Gasteiger charge is -2.43. The molecule has 0 radical (unpaired) electrons. The van der Waals surface area contributed by atoms with Gasteiger partial charge in [0.15, 0.2) is 11.5 Å². The van der Waals surface area contributed by atoms with Crippen LogP contribution in [-0.2, 0) is 14.8 Å². The molecule has 7 nitrogen and oxygen atoms in total. The van der Waals surface area contributed by atoms with Crippen molar-refractivity contribution in [1.82, 2.24) is 4.31 Å². The summed E-state index contributed by atoms with van der Waals surface area (Å²) in [6, 6.07) is 10.0. The first-order valence-electron chi connectivity index (χ1n) is 9.88. The van der Waals surface area contributed by atoms with Crippen LogP contribution in [0, 0.1) is 0 Å². The molecule has 2 aromatic carbocycles. The van der Waals surface area contributed by atoms with Crippen LogP contribution in [0.15, 0.2) is 76.3 Å². The highest BCUT2D eigenvalue weighted by molar-refractivity contribution is 7.89. The number of nitrogens with zero attached hydrogens (tertiary/aromatic N) is 1. The molecule has 0 saturated heterocycles. The van der Waals surface area contributed by atoms with E-state index in [1.54, 1.807) is 55.5 Å². The summed E-state index contributed by atoms with van der Waals surface area (Å²) in [7, 11) is -4.34. The molecular formula is C23H17Cl2NO6S. The summed E-state index contributed by atoms with van der Waals surface area (Å²) in [5.74, 6) is -0.489. The quantitative estimate of drug-likeness (QED) is 0.624. The number of fused-ring (bicyclic) bond motifs is 2. The molecule has 3 aliphatic rings. The first kappa shape index (κ1) is 21.9. The van der Waals surface area contributed by atoms with Gasteiger partial charge in [0.05, 0.1) is 9.77 Å². The second-order valence-corrected chi connectivity index (χ2v) is 10.9. The standard InChI is InChI=1S/C23H17Cl2NO6S/c1-23(25)10-4-6-15(24)21(23)26-20(22(27)28)19(13-8-9-16-17(11-13)32-12-31-16)14-5-2-3-7-18(14)33(26,29)30/h2-11,21H,12H2,1H3,(H,27,28). The Labute approximate surface area is 200 Å². The van der Waals surface area contributed by atoms with Crippen molar-refractivity contribution in [1.29, 1.82) is 0 Å². The summed E-state index contributed by atoms with van der Waals surface area (Å²) < 4.78 is 39.3. The third-order valence-electron chi connectivity index (χ3n) is 5.72. The van der Waals surface area contributed by atoms with Crippen LogP contribution >= 0.6 is 23.2 Å². The van der Waals surface area contributed by atoms with Gasteiger partial charge < -0.3 is 14.6 Å². The van der Waals surface area contributed by atoms with Crippen LogP contribution in [0.4, 0.5) is 0 Å². The highest BCUT2D eigenvalue weighted by Crippen LogP contribution is 2.48. The number of sulfonamides is 1. The normalized spacial score (nSPS) is 25.0. The highest BCUT2D eigenvalue weighted by atomic mass is 35.5. The van der Waals surface area contributed by atoms with E-state index in [9.17, 15) is 18.3 Å². The second kappa shape index (κ2) is 7.55. The van der Waals surface area contributed by atoms with Crippen LogP contribution < -0.4 is 9.47 Å². The van der Waals surface area contributed by atoms with Crippen molar-refractivity contribution in [3.05, 3.63) is 82.5 Å². The molecule has 33 heavy (non-hydrogen) atoms. The average Bonchev–Trinajstić information content (AvgIpc) is 3.22. The molecule has 1 N–H and O–H groups in total. The van der Waals surface area contributed by atoms with Gasteiger partial charge in [0.25, 0.3) is 10.0 Å². The van der Waals surface area contributed by atoms with Crippen LogP contribution in [0.25, 0.3) is 5.57 Å². The Morgan fingerprint density at radius 2 is 1.91 bits per heavy atom. The molecule has 10 heteroatoms. The molecule has 0 amide bonds. The summed E-state index contributed by atoms with van der Waals surface area (Å²) in [5.41, 5.74) is 0.462. The molecule has 170 valence electrons. The third-order valence-corrected chi connectivity index (χ3v) is 8.21. The van der Waals surface area contributed by atoms with Gasteiger partial charge >= 0.3 is 5.97 Å². The smallest absolute Gasteiger partial charge is 0.353 e. The van der Waals surface area contributed by atoms with E-state index in [0.29, 0.717) is 17.1 Å². The Morgan fingerprint density at radius 3 is 2.64 bits per heavy atom. The lowest BCUT2D eigenvalue weighted by molar-refractivity contribution is -0.133. The van der Waals surface area contributed by atoms with E-state index in [4.69, 9.17) is 32.7 Å². The number of hydrogen-bond acceptors (Lipinski definition) is 5. The Balaban J connectivity index is 1.87. The fraction of sp³-hybridized carbons (Fsp3) is 0.174. The monoisotopic (exact) mass is 505 g/mol. The minimum Gasteiger partial charge on any atom is -0.477 e. The number of aliphatic carboxylic acids is 1. The van der Waals surface area contributed by atoms with E-state index in [0.717, 1.165) is 4.31 Å². The molecule has 0 spiro atoms. The van der Waals surface area contributed by atoms with Crippen LogP contribution in [0.3, 0.4) is 0 Å². The molecule has 2 unspecified atom stereocenters. The van der Waals surface area contributed by atoms with Crippen LogP contribution in [0.5, 0.6) is 11.5 Å². The molecule has 0 fully saturated rings. The first-order valence-corrected chi connectivity index (χ1v) is 12.1. The summed E-state index contributed by atoms with van der Waals surface area (Å²) in [4.78, 5) is 11.3. The van der Waals surface area contributed by atoms with E-state index in [1.165, 1.54) is 12.1 Å². The Morgan fingerprint density at radius 1 is 1.18 bits per heavy atom. The zero-order valence-electron chi connectivity index (χ0n) is 17.2.